The molecule has 2 aromatic rings. The van der Waals surface area contributed by atoms with Crippen LogP contribution in [0, 0.1) is 5.92 Å². The van der Waals surface area contributed by atoms with Crippen LogP contribution >= 0.6 is 12.9 Å². The lowest BCUT2D eigenvalue weighted by molar-refractivity contribution is -0.133. The summed E-state index contributed by atoms with van der Waals surface area (Å²) in [5, 5.41) is 0. The van der Waals surface area contributed by atoms with Gasteiger partial charge < -0.3 is 4.18 Å². The molecule has 25 heavy (non-hydrogen) atoms. The Morgan fingerprint density at radius 3 is 2.08 bits per heavy atom. The maximum atomic E-state index is 11.2. The van der Waals surface area contributed by atoms with Gasteiger partial charge in [-0.25, -0.2) is 0 Å². The summed E-state index contributed by atoms with van der Waals surface area (Å²) in [6, 6.07) is 21.4. The molecule has 0 bridgehead atoms. The number of carbonyl (C=O) groups is 1. The fourth-order valence-corrected chi connectivity index (χ4v) is 3.37. The van der Waals surface area contributed by atoms with Crippen molar-refractivity contribution < 1.29 is 8.98 Å². The molecule has 0 aromatic heterocycles. The minimum absolute atomic E-state index is 0.230. The second-order valence-electron chi connectivity index (χ2n) is 6.64. The molecular formula is C22H28O2S. The molecule has 3 heteroatoms. The number of rotatable bonds is 11. The van der Waals surface area contributed by atoms with Crippen LogP contribution in [0.4, 0.5) is 0 Å². The second-order valence-corrected chi connectivity index (χ2v) is 6.83. The molecule has 0 radical (unpaired) electrons. The highest BCUT2D eigenvalue weighted by Gasteiger charge is 2.11. The fourth-order valence-electron chi connectivity index (χ4n) is 3.28. The van der Waals surface area contributed by atoms with Crippen LogP contribution in [0.5, 0.6) is 0 Å². The molecule has 1 atom stereocenters. The topological polar surface area (TPSA) is 26.3 Å². The molecule has 0 aliphatic rings. The lowest BCUT2D eigenvalue weighted by Gasteiger charge is -2.17. The van der Waals surface area contributed by atoms with Crippen molar-refractivity contribution >= 4 is 18.9 Å². The quantitative estimate of drug-likeness (QED) is 0.312. The van der Waals surface area contributed by atoms with Gasteiger partial charge in [-0.3, -0.25) is 4.79 Å². The predicted octanol–water partition coefficient (Wildman–Crippen LogP) is 5.82. The molecule has 0 fully saturated rings. The number of carbonyl (C=O) groups excluding carboxylic acids is 1. The summed E-state index contributed by atoms with van der Waals surface area (Å²) in [7, 11) is 0. The molecule has 0 N–H and O–H groups in total. The smallest absolute Gasteiger partial charge is 0.317 e. The van der Waals surface area contributed by atoms with Crippen LogP contribution in [-0.4, -0.2) is 5.97 Å². The minimum Gasteiger partial charge on any atom is -0.395 e. The Morgan fingerprint density at radius 2 is 1.44 bits per heavy atom. The standard InChI is InChI=1S/C22H28O2S/c23-22(24-25)17-8-7-14-21(18-20-12-5-2-6-13-20)16-9-15-19-10-3-1-4-11-19/h1-6,10-13,21,25H,7-9,14-18H2. The van der Waals surface area contributed by atoms with Gasteiger partial charge in [-0.2, -0.15) is 0 Å². The molecule has 134 valence electrons. The van der Waals surface area contributed by atoms with Gasteiger partial charge in [-0.05, 0) is 49.1 Å². The summed E-state index contributed by atoms with van der Waals surface area (Å²) in [6.45, 7) is 0. The highest BCUT2D eigenvalue weighted by Crippen LogP contribution is 2.22. The first-order chi connectivity index (χ1) is 12.3. The lowest BCUT2D eigenvalue weighted by atomic mass is 9.89. The number of aryl methyl sites for hydroxylation is 1. The van der Waals surface area contributed by atoms with E-state index in [0.29, 0.717) is 12.3 Å². The summed E-state index contributed by atoms with van der Waals surface area (Å²) in [6.07, 6.45) is 8.25. The van der Waals surface area contributed by atoms with Crippen LogP contribution in [-0.2, 0) is 21.8 Å². The molecule has 2 aromatic carbocycles. The van der Waals surface area contributed by atoms with Gasteiger partial charge in [-0.15, -0.1) is 0 Å². The van der Waals surface area contributed by atoms with Crippen LogP contribution in [0.2, 0.25) is 0 Å². The Morgan fingerprint density at radius 1 is 0.840 bits per heavy atom. The molecule has 2 rings (SSSR count). The number of benzene rings is 2. The van der Waals surface area contributed by atoms with Crippen LogP contribution in [0.1, 0.15) is 49.7 Å². The molecular weight excluding hydrogens is 328 g/mol. The van der Waals surface area contributed by atoms with E-state index in [1.807, 2.05) is 0 Å². The van der Waals surface area contributed by atoms with E-state index in [2.05, 4.69) is 77.8 Å². The van der Waals surface area contributed by atoms with E-state index in [0.717, 1.165) is 32.1 Å². The molecule has 0 heterocycles. The molecule has 2 nitrogen and oxygen atoms in total. The molecule has 0 spiro atoms. The van der Waals surface area contributed by atoms with Gasteiger partial charge in [0.05, 0.1) is 0 Å². The maximum Gasteiger partial charge on any atom is 0.317 e. The summed E-state index contributed by atoms with van der Waals surface area (Å²) in [5.41, 5.74) is 2.82. The van der Waals surface area contributed by atoms with Crippen LogP contribution in [0.25, 0.3) is 0 Å². The molecule has 0 aliphatic carbocycles. The number of hydrogen-bond acceptors (Lipinski definition) is 3. The summed E-state index contributed by atoms with van der Waals surface area (Å²) in [4.78, 5) is 11.2. The molecule has 0 aliphatic heterocycles. The Bertz CT molecular complexity index is 598. The van der Waals surface area contributed by atoms with Crippen molar-refractivity contribution in [2.45, 2.75) is 51.4 Å². The van der Waals surface area contributed by atoms with Crippen LogP contribution in [0.15, 0.2) is 60.7 Å². The van der Waals surface area contributed by atoms with Crippen molar-refractivity contribution in [1.82, 2.24) is 0 Å². The average molecular weight is 357 g/mol. The molecule has 0 amide bonds. The molecule has 0 saturated carbocycles. The van der Waals surface area contributed by atoms with Gasteiger partial charge in [0.2, 0.25) is 0 Å². The first-order valence-electron chi connectivity index (χ1n) is 9.20. The van der Waals surface area contributed by atoms with Gasteiger partial charge in [0.15, 0.2) is 0 Å². The maximum absolute atomic E-state index is 11.2. The first kappa shape index (κ1) is 19.6. The van der Waals surface area contributed by atoms with E-state index in [1.54, 1.807) is 0 Å². The Labute approximate surface area is 157 Å². The molecule has 1 unspecified atom stereocenters. The average Bonchev–Trinajstić information content (AvgIpc) is 2.66. The monoisotopic (exact) mass is 356 g/mol. The van der Waals surface area contributed by atoms with E-state index >= 15 is 0 Å². The number of hydrogen-bond donors (Lipinski definition) is 1. The van der Waals surface area contributed by atoms with Gasteiger partial charge in [0.1, 0.15) is 0 Å². The Balaban J connectivity index is 1.79. The van der Waals surface area contributed by atoms with Gasteiger partial charge in [0, 0.05) is 19.3 Å². The Hall–Kier alpha value is -1.74. The summed E-state index contributed by atoms with van der Waals surface area (Å²) < 4.78 is 4.42. The third kappa shape index (κ3) is 8.26. The zero-order valence-electron chi connectivity index (χ0n) is 14.8. The highest BCUT2D eigenvalue weighted by atomic mass is 32.1. The summed E-state index contributed by atoms with van der Waals surface area (Å²) in [5.74, 6) is 0.435. The van der Waals surface area contributed by atoms with E-state index in [4.69, 9.17) is 0 Å². The van der Waals surface area contributed by atoms with Crippen LogP contribution < -0.4 is 0 Å². The van der Waals surface area contributed by atoms with Crippen molar-refractivity contribution in [3.63, 3.8) is 0 Å². The largest absolute Gasteiger partial charge is 0.395 e. The lowest BCUT2D eigenvalue weighted by Crippen LogP contribution is -2.06. The van der Waals surface area contributed by atoms with Crippen molar-refractivity contribution in [2.75, 3.05) is 0 Å². The van der Waals surface area contributed by atoms with E-state index in [9.17, 15) is 4.79 Å². The minimum atomic E-state index is -0.230. The highest BCUT2D eigenvalue weighted by molar-refractivity contribution is 7.75. The van der Waals surface area contributed by atoms with Gasteiger partial charge in [-0.1, -0.05) is 73.5 Å². The van der Waals surface area contributed by atoms with Crippen molar-refractivity contribution in [2.24, 2.45) is 5.92 Å². The second kappa shape index (κ2) is 11.8. The zero-order chi connectivity index (χ0) is 17.7. The molecule has 0 saturated heterocycles. The summed E-state index contributed by atoms with van der Waals surface area (Å²) >= 11 is 3.56. The Kier molecular flexibility index (Phi) is 9.21. The normalized spacial score (nSPS) is 11.9. The zero-order valence-corrected chi connectivity index (χ0v) is 15.7. The van der Waals surface area contributed by atoms with Crippen LogP contribution in [0.3, 0.4) is 0 Å². The van der Waals surface area contributed by atoms with Gasteiger partial charge >= 0.3 is 5.97 Å². The SMILES string of the molecule is O=C(CCCCC(CCCc1ccccc1)Cc1ccccc1)OS. The third-order valence-electron chi connectivity index (χ3n) is 4.63. The fraction of sp³-hybridized carbons (Fsp3) is 0.409. The predicted molar refractivity (Wildman–Crippen MR) is 107 cm³/mol. The number of thiol groups is 1. The van der Waals surface area contributed by atoms with Crippen molar-refractivity contribution in [3.05, 3.63) is 71.8 Å². The van der Waals surface area contributed by atoms with E-state index < -0.39 is 0 Å². The first-order valence-corrected chi connectivity index (χ1v) is 9.56. The van der Waals surface area contributed by atoms with E-state index in [1.165, 1.54) is 24.0 Å². The van der Waals surface area contributed by atoms with Crippen molar-refractivity contribution in [1.29, 1.82) is 0 Å². The number of unbranched alkanes of at least 4 members (excludes halogenated alkanes) is 1. The van der Waals surface area contributed by atoms with Gasteiger partial charge in [0.25, 0.3) is 0 Å². The third-order valence-corrected chi connectivity index (χ3v) is 4.84. The van der Waals surface area contributed by atoms with E-state index in [-0.39, 0.29) is 5.97 Å². The van der Waals surface area contributed by atoms with Crippen molar-refractivity contribution in [3.8, 4) is 0 Å².